The number of thiophene rings is 1. The van der Waals surface area contributed by atoms with Crippen molar-refractivity contribution in [2.24, 2.45) is 0 Å². The number of aryl methyl sites for hydroxylation is 1. The maximum Gasteiger partial charge on any atom is 0.406 e. The summed E-state index contributed by atoms with van der Waals surface area (Å²) in [5.41, 5.74) is 3.36. The number of fused-ring (bicyclic) bond motifs is 2. The van der Waals surface area contributed by atoms with Crippen LogP contribution in [-0.2, 0) is 19.5 Å². The molecule has 1 saturated heterocycles. The maximum atomic E-state index is 12.9. The Hall–Kier alpha value is -3.15. The summed E-state index contributed by atoms with van der Waals surface area (Å²) in [5, 5.41) is 4.11. The summed E-state index contributed by atoms with van der Waals surface area (Å²) >= 11 is 7.97. The molecule has 3 aromatic heterocycles. The number of halogens is 4. The van der Waals surface area contributed by atoms with Gasteiger partial charge in [-0.3, -0.25) is 18.9 Å². The van der Waals surface area contributed by atoms with Crippen molar-refractivity contribution in [1.29, 1.82) is 0 Å². The molecular formula is C27H25ClF3N5O2S. The van der Waals surface area contributed by atoms with Crippen molar-refractivity contribution in [3.05, 3.63) is 79.0 Å². The second kappa shape index (κ2) is 10.1. The zero-order chi connectivity index (χ0) is 27.3. The highest BCUT2D eigenvalue weighted by atomic mass is 35.5. The van der Waals surface area contributed by atoms with Gasteiger partial charge in [0.05, 0.1) is 16.8 Å². The Bertz CT molecular complexity index is 1670. The lowest BCUT2D eigenvalue weighted by Gasteiger charge is -2.38. The molecule has 4 aromatic rings. The highest BCUT2D eigenvalue weighted by Crippen LogP contribution is 2.44. The smallest absolute Gasteiger partial charge is 0.366 e. The number of nitrogens with zero attached hydrogens (tertiary/aromatic N) is 4. The van der Waals surface area contributed by atoms with Crippen LogP contribution in [-0.4, -0.2) is 46.0 Å². The van der Waals surface area contributed by atoms with Crippen LogP contribution in [0.4, 0.5) is 18.9 Å². The first-order chi connectivity index (χ1) is 18.7. The molecule has 12 heteroatoms. The molecule has 1 atom stereocenters. The number of anilines is 1. The van der Waals surface area contributed by atoms with Crippen LogP contribution >= 0.6 is 22.9 Å². The van der Waals surface area contributed by atoms with Crippen molar-refractivity contribution in [3.8, 4) is 11.1 Å². The van der Waals surface area contributed by atoms with Gasteiger partial charge in [-0.2, -0.15) is 13.2 Å². The fourth-order valence-electron chi connectivity index (χ4n) is 5.66. The Morgan fingerprint density at radius 2 is 2.00 bits per heavy atom. The summed E-state index contributed by atoms with van der Waals surface area (Å²) in [4.78, 5) is 32.8. The molecule has 1 aromatic carbocycles. The highest BCUT2D eigenvalue weighted by molar-refractivity contribution is 7.19. The van der Waals surface area contributed by atoms with Crippen LogP contribution in [0.5, 0.6) is 0 Å². The van der Waals surface area contributed by atoms with E-state index >= 15 is 0 Å². The highest BCUT2D eigenvalue weighted by Gasteiger charge is 2.31. The molecule has 0 aliphatic carbocycles. The Kier molecular flexibility index (Phi) is 6.76. The maximum absolute atomic E-state index is 12.9. The minimum atomic E-state index is -4.58. The summed E-state index contributed by atoms with van der Waals surface area (Å²) in [6, 6.07) is 9.12. The summed E-state index contributed by atoms with van der Waals surface area (Å²) in [5.74, 6) is 0. The number of benzene rings is 1. The molecular weight excluding hydrogens is 551 g/mol. The Balaban J connectivity index is 1.43. The predicted molar refractivity (Wildman–Crippen MR) is 147 cm³/mol. The van der Waals surface area contributed by atoms with Crippen LogP contribution in [0, 0.1) is 0 Å². The number of rotatable bonds is 5. The van der Waals surface area contributed by atoms with Crippen LogP contribution in [0.1, 0.15) is 23.3 Å². The standard InChI is InChI=1S/C27H25ClF3N5O2S/c28-17-10-16-2-1-8-35(18-3-6-32-13-18)24(16)21(11-17)20-4-7-33-22-12-19(39-25(20)22)14-36-23(37)5-9-34(26(36)38)15-27(29,30)31/h4-5,7,9-12,18,32H,1-3,6,8,13-15H2/t18-/m1/s1. The molecule has 1 N–H and O–H groups in total. The minimum absolute atomic E-state index is 0.148. The molecule has 0 amide bonds. The largest absolute Gasteiger partial charge is 0.406 e. The van der Waals surface area contributed by atoms with Crippen molar-refractivity contribution in [2.45, 2.75) is 44.6 Å². The van der Waals surface area contributed by atoms with E-state index < -0.39 is 24.0 Å². The quantitative estimate of drug-likeness (QED) is 0.375. The van der Waals surface area contributed by atoms with Crippen LogP contribution in [0.2, 0.25) is 5.02 Å². The number of nitrogens with one attached hydrogen (secondary N) is 1. The Morgan fingerprint density at radius 3 is 2.77 bits per heavy atom. The lowest BCUT2D eigenvalue weighted by Crippen LogP contribution is -2.41. The lowest BCUT2D eigenvalue weighted by molar-refractivity contribution is -0.141. The van der Waals surface area contributed by atoms with E-state index in [2.05, 4.69) is 15.2 Å². The lowest BCUT2D eigenvalue weighted by atomic mass is 9.92. The number of pyridine rings is 1. The summed E-state index contributed by atoms with van der Waals surface area (Å²) in [6.45, 7) is 1.26. The van der Waals surface area contributed by atoms with E-state index in [1.165, 1.54) is 22.6 Å². The van der Waals surface area contributed by atoms with Crippen molar-refractivity contribution in [1.82, 2.24) is 19.4 Å². The first-order valence-electron chi connectivity index (χ1n) is 12.7. The van der Waals surface area contributed by atoms with Gasteiger partial charge in [-0.15, -0.1) is 11.3 Å². The SMILES string of the molecule is O=c1ccn(CC(F)(F)F)c(=O)n1Cc1cc2nccc(-c3cc(Cl)cc4c3N([C@@H]3CCNC3)CCC4)c2s1. The van der Waals surface area contributed by atoms with Crippen LogP contribution < -0.4 is 21.5 Å². The molecule has 1 fully saturated rings. The van der Waals surface area contributed by atoms with Crippen molar-refractivity contribution in [3.63, 3.8) is 0 Å². The second-order valence-corrected chi connectivity index (χ2v) is 11.5. The van der Waals surface area contributed by atoms with Gasteiger partial charge in [-0.05, 0) is 55.6 Å². The van der Waals surface area contributed by atoms with E-state index in [4.69, 9.17) is 11.6 Å². The van der Waals surface area contributed by atoms with E-state index in [0.29, 0.717) is 26.0 Å². The van der Waals surface area contributed by atoms with Crippen LogP contribution in [0.15, 0.2) is 52.3 Å². The molecule has 2 aliphatic rings. The molecule has 2 aliphatic heterocycles. The van der Waals surface area contributed by atoms with E-state index in [1.54, 1.807) is 12.3 Å². The van der Waals surface area contributed by atoms with E-state index in [-0.39, 0.29) is 6.54 Å². The first-order valence-corrected chi connectivity index (χ1v) is 13.9. The normalized spacial score (nSPS) is 17.6. The Labute approximate surface area is 230 Å². The van der Waals surface area contributed by atoms with Gasteiger partial charge < -0.3 is 10.2 Å². The van der Waals surface area contributed by atoms with Crippen molar-refractivity contribution < 1.29 is 13.2 Å². The zero-order valence-corrected chi connectivity index (χ0v) is 22.4. The molecule has 0 radical (unpaired) electrons. The van der Waals surface area contributed by atoms with E-state index in [0.717, 1.165) is 71.6 Å². The zero-order valence-electron chi connectivity index (χ0n) is 20.8. The van der Waals surface area contributed by atoms with E-state index in [1.807, 2.05) is 18.2 Å². The molecule has 5 heterocycles. The van der Waals surface area contributed by atoms with Crippen molar-refractivity contribution in [2.75, 3.05) is 24.5 Å². The summed E-state index contributed by atoms with van der Waals surface area (Å²) in [6.07, 6.45) is 1.07. The topological polar surface area (TPSA) is 72.2 Å². The van der Waals surface area contributed by atoms with Gasteiger partial charge in [-0.25, -0.2) is 4.79 Å². The van der Waals surface area contributed by atoms with Gasteiger partial charge in [-0.1, -0.05) is 11.6 Å². The van der Waals surface area contributed by atoms with Crippen molar-refractivity contribution >= 4 is 38.8 Å². The average molecular weight is 576 g/mol. The number of alkyl halides is 3. The van der Waals surface area contributed by atoms with E-state index in [9.17, 15) is 22.8 Å². The van der Waals surface area contributed by atoms with Gasteiger partial charge in [0.1, 0.15) is 6.54 Å². The molecule has 7 nitrogen and oxygen atoms in total. The average Bonchev–Trinajstić information content (AvgIpc) is 3.56. The third kappa shape index (κ3) is 5.10. The Morgan fingerprint density at radius 1 is 1.15 bits per heavy atom. The second-order valence-electron chi connectivity index (χ2n) is 9.96. The van der Waals surface area contributed by atoms with Gasteiger partial charge in [0.25, 0.3) is 5.56 Å². The van der Waals surface area contributed by atoms with Gasteiger partial charge in [0, 0.05) is 64.3 Å². The number of hydrogen-bond donors (Lipinski definition) is 1. The number of hydrogen-bond acceptors (Lipinski definition) is 6. The molecule has 39 heavy (non-hydrogen) atoms. The molecule has 0 spiro atoms. The molecule has 0 bridgehead atoms. The summed E-state index contributed by atoms with van der Waals surface area (Å²) < 4.78 is 41.0. The van der Waals surface area contributed by atoms with Crippen LogP contribution in [0.3, 0.4) is 0 Å². The first kappa shape index (κ1) is 26.1. The fraction of sp³-hybridized carbons (Fsp3) is 0.370. The fourth-order valence-corrected chi connectivity index (χ4v) is 7.03. The molecule has 204 valence electrons. The van der Waals surface area contributed by atoms with Gasteiger partial charge in [0.2, 0.25) is 0 Å². The molecule has 0 saturated carbocycles. The molecule has 6 rings (SSSR count). The third-order valence-electron chi connectivity index (χ3n) is 7.32. The van der Waals surface area contributed by atoms with Gasteiger partial charge in [0.15, 0.2) is 0 Å². The number of aromatic nitrogens is 3. The predicted octanol–water partition coefficient (Wildman–Crippen LogP) is 4.67. The monoisotopic (exact) mass is 575 g/mol. The summed E-state index contributed by atoms with van der Waals surface area (Å²) in [7, 11) is 0. The van der Waals surface area contributed by atoms with Gasteiger partial charge >= 0.3 is 11.9 Å². The third-order valence-corrected chi connectivity index (χ3v) is 8.68. The molecule has 0 unspecified atom stereocenters. The van der Waals surface area contributed by atoms with Crippen LogP contribution in [0.25, 0.3) is 21.3 Å². The minimum Gasteiger partial charge on any atom is -0.366 e.